The second-order valence-electron chi connectivity index (χ2n) is 8.64. The topological polar surface area (TPSA) is 53.0 Å². The molecule has 1 aliphatic heterocycles. The maximum Gasteiger partial charge on any atom is 0.193 e. The van der Waals surface area contributed by atoms with Gasteiger partial charge in [-0.15, -0.1) is 35.3 Å². The molecule has 1 saturated heterocycles. The van der Waals surface area contributed by atoms with Crippen LogP contribution in [-0.2, 0) is 11.3 Å². The summed E-state index contributed by atoms with van der Waals surface area (Å²) in [7, 11) is 5.71. The Balaban J connectivity index is 0.00000320. The Labute approximate surface area is 203 Å². The summed E-state index contributed by atoms with van der Waals surface area (Å²) in [5.41, 5.74) is 1.37. The fourth-order valence-electron chi connectivity index (χ4n) is 4.81. The number of hydrogen-bond acceptors (Lipinski definition) is 5. The summed E-state index contributed by atoms with van der Waals surface area (Å²) in [6.07, 6.45) is 10.9. The van der Waals surface area contributed by atoms with Gasteiger partial charge in [0.15, 0.2) is 5.96 Å². The van der Waals surface area contributed by atoms with E-state index in [0.717, 1.165) is 29.8 Å². The van der Waals surface area contributed by atoms with E-state index in [4.69, 9.17) is 9.72 Å². The minimum Gasteiger partial charge on any atom is -0.375 e. The standard InChI is InChI=1S/C22H39N5OS.HI/c1-18(28-4)20-25-19(16-29-20)15-26(3)21(23-2)24-17-22(11-7-5-8-12-22)27-13-9-6-10-14-27;/h16,18H,5-15,17H2,1-4H3,(H,23,24);1H. The molecule has 6 nitrogen and oxygen atoms in total. The zero-order valence-electron chi connectivity index (χ0n) is 19.2. The molecule has 1 unspecified atom stereocenters. The number of hydrogen-bond donors (Lipinski definition) is 1. The van der Waals surface area contributed by atoms with Gasteiger partial charge < -0.3 is 15.0 Å². The van der Waals surface area contributed by atoms with Gasteiger partial charge in [-0.05, 0) is 45.7 Å². The van der Waals surface area contributed by atoms with Crippen LogP contribution in [0.4, 0.5) is 0 Å². The van der Waals surface area contributed by atoms with Crippen molar-refractivity contribution in [3.63, 3.8) is 0 Å². The average Bonchev–Trinajstić information content (AvgIpc) is 3.23. The molecule has 2 aliphatic rings. The molecule has 1 N–H and O–H groups in total. The molecule has 1 aromatic heterocycles. The lowest BCUT2D eigenvalue weighted by Gasteiger charge is -2.48. The zero-order chi connectivity index (χ0) is 20.7. The van der Waals surface area contributed by atoms with Crippen molar-refractivity contribution < 1.29 is 4.74 Å². The molecule has 0 amide bonds. The molecule has 8 heteroatoms. The molecule has 0 radical (unpaired) electrons. The number of aromatic nitrogens is 1. The molecule has 1 saturated carbocycles. The summed E-state index contributed by atoms with van der Waals surface area (Å²) in [4.78, 5) is 14.3. The van der Waals surface area contributed by atoms with Crippen molar-refractivity contribution in [2.75, 3.05) is 40.8 Å². The lowest BCUT2D eigenvalue weighted by molar-refractivity contribution is 0.0364. The smallest absolute Gasteiger partial charge is 0.193 e. The van der Waals surface area contributed by atoms with Gasteiger partial charge in [-0.25, -0.2) is 4.98 Å². The molecule has 172 valence electrons. The van der Waals surface area contributed by atoms with E-state index in [2.05, 4.69) is 32.5 Å². The van der Waals surface area contributed by atoms with Gasteiger partial charge in [-0.2, -0.15) is 0 Å². The Morgan fingerprint density at radius 2 is 1.93 bits per heavy atom. The summed E-state index contributed by atoms with van der Waals surface area (Å²) in [5.74, 6) is 0.960. The van der Waals surface area contributed by atoms with Gasteiger partial charge in [0, 0.05) is 38.7 Å². The van der Waals surface area contributed by atoms with Crippen molar-refractivity contribution in [2.45, 2.75) is 76.5 Å². The Bertz CT molecular complexity index is 656. The average molecular weight is 550 g/mol. The molecule has 1 aliphatic carbocycles. The van der Waals surface area contributed by atoms with Crippen molar-refractivity contribution in [3.8, 4) is 0 Å². The second-order valence-corrected chi connectivity index (χ2v) is 9.53. The maximum atomic E-state index is 5.39. The van der Waals surface area contributed by atoms with E-state index in [1.54, 1.807) is 18.4 Å². The summed E-state index contributed by atoms with van der Waals surface area (Å²) >= 11 is 1.67. The number of piperidine rings is 1. The Morgan fingerprint density at radius 1 is 1.27 bits per heavy atom. The first kappa shape index (κ1) is 25.8. The minimum absolute atomic E-state index is 0. The molecule has 3 rings (SSSR count). The van der Waals surface area contributed by atoms with E-state index in [0.29, 0.717) is 5.54 Å². The van der Waals surface area contributed by atoms with E-state index in [1.165, 1.54) is 64.5 Å². The van der Waals surface area contributed by atoms with Gasteiger partial charge in [0.25, 0.3) is 0 Å². The van der Waals surface area contributed by atoms with Crippen molar-refractivity contribution >= 4 is 41.3 Å². The summed E-state index contributed by atoms with van der Waals surface area (Å²) in [6.45, 7) is 6.30. The van der Waals surface area contributed by atoms with Gasteiger partial charge >= 0.3 is 0 Å². The number of aliphatic imine (C=N–C) groups is 1. The van der Waals surface area contributed by atoms with Crippen LogP contribution in [0.1, 0.15) is 75.1 Å². The van der Waals surface area contributed by atoms with Crippen LogP contribution in [0.25, 0.3) is 0 Å². The molecule has 1 atom stereocenters. The third-order valence-electron chi connectivity index (χ3n) is 6.63. The van der Waals surface area contributed by atoms with Gasteiger partial charge in [0.1, 0.15) is 11.1 Å². The first-order chi connectivity index (χ1) is 14.1. The predicted octanol–water partition coefficient (Wildman–Crippen LogP) is 4.66. The number of nitrogens with zero attached hydrogens (tertiary/aromatic N) is 4. The molecule has 2 heterocycles. The first-order valence-electron chi connectivity index (χ1n) is 11.2. The van der Waals surface area contributed by atoms with Gasteiger partial charge in [0.05, 0.1) is 12.2 Å². The summed E-state index contributed by atoms with van der Waals surface area (Å²) < 4.78 is 5.39. The van der Waals surface area contributed by atoms with Crippen molar-refractivity contribution in [3.05, 3.63) is 16.1 Å². The predicted molar refractivity (Wildman–Crippen MR) is 137 cm³/mol. The summed E-state index contributed by atoms with van der Waals surface area (Å²) in [6, 6.07) is 0. The maximum absolute atomic E-state index is 5.39. The van der Waals surface area contributed by atoms with E-state index >= 15 is 0 Å². The third kappa shape index (κ3) is 6.53. The SMILES string of the molecule is CN=C(NCC1(N2CCCCC2)CCCCC1)N(C)Cc1csc(C(C)OC)n1.I. The van der Waals surface area contributed by atoms with Crippen LogP contribution in [-0.4, -0.2) is 67.1 Å². The highest BCUT2D eigenvalue weighted by Crippen LogP contribution is 2.35. The van der Waals surface area contributed by atoms with Crippen molar-refractivity contribution in [2.24, 2.45) is 4.99 Å². The number of likely N-dealkylation sites (tertiary alicyclic amines) is 1. The highest BCUT2D eigenvalue weighted by atomic mass is 127. The molecule has 1 aromatic rings. The Kier molecular flexibility index (Phi) is 10.8. The third-order valence-corrected chi connectivity index (χ3v) is 7.68. The lowest BCUT2D eigenvalue weighted by atomic mass is 9.79. The largest absolute Gasteiger partial charge is 0.375 e. The summed E-state index contributed by atoms with van der Waals surface area (Å²) in [5, 5.41) is 6.89. The van der Waals surface area contributed by atoms with Crippen molar-refractivity contribution in [1.82, 2.24) is 20.1 Å². The second kappa shape index (κ2) is 12.6. The fourth-order valence-corrected chi connectivity index (χ4v) is 5.65. The number of thiazole rings is 1. The molecule has 0 spiro atoms. The lowest BCUT2D eigenvalue weighted by Crippen LogP contribution is -2.59. The number of halogens is 1. The first-order valence-corrected chi connectivity index (χ1v) is 12.1. The van der Waals surface area contributed by atoms with Crippen LogP contribution in [0.3, 0.4) is 0 Å². The van der Waals surface area contributed by atoms with E-state index in [9.17, 15) is 0 Å². The van der Waals surface area contributed by atoms with E-state index in [1.807, 2.05) is 14.0 Å². The normalized spacial score (nSPS) is 21.0. The van der Waals surface area contributed by atoms with E-state index in [-0.39, 0.29) is 30.1 Å². The number of guanidine groups is 1. The number of nitrogens with one attached hydrogen (secondary N) is 1. The molecule has 0 bridgehead atoms. The number of methoxy groups -OCH3 is 1. The Hall–Kier alpha value is -0.450. The number of ether oxygens (including phenoxy) is 1. The van der Waals surface area contributed by atoms with Crippen LogP contribution in [0, 0.1) is 0 Å². The molecule has 0 aromatic carbocycles. The fraction of sp³-hybridized carbons (Fsp3) is 0.818. The minimum atomic E-state index is 0. The van der Waals surface area contributed by atoms with Crippen LogP contribution < -0.4 is 5.32 Å². The zero-order valence-corrected chi connectivity index (χ0v) is 22.3. The van der Waals surface area contributed by atoms with Crippen molar-refractivity contribution in [1.29, 1.82) is 0 Å². The highest BCUT2D eigenvalue weighted by molar-refractivity contribution is 14.0. The van der Waals surface area contributed by atoms with Gasteiger partial charge in [0.2, 0.25) is 0 Å². The highest BCUT2D eigenvalue weighted by Gasteiger charge is 2.38. The molecule has 2 fully saturated rings. The van der Waals surface area contributed by atoms with E-state index < -0.39 is 0 Å². The van der Waals surface area contributed by atoms with Gasteiger partial charge in [-0.1, -0.05) is 25.7 Å². The van der Waals surface area contributed by atoms with Gasteiger partial charge in [-0.3, -0.25) is 9.89 Å². The molecular formula is C22H40IN5OS. The van der Waals surface area contributed by atoms with Crippen LogP contribution >= 0.6 is 35.3 Å². The number of rotatable bonds is 7. The molecular weight excluding hydrogens is 509 g/mol. The molecule has 30 heavy (non-hydrogen) atoms. The quantitative estimate of drug-likeness (QED) is 0.305. The Morgan fingerprint density at radius 3 is 2.57 bits per heavy atom. The van der Waals surface area contributed by atoms with Crippen LogP contribution in [0.5, 0.6) is 0 Å². The van der Waals surface area contributed by atoms with Crippen LogP contribution in [0.15, 0.2) is 10.4 Å². The van der Waals surface area contributed by atoms with Crippen LogP contribution in [0.2, 0.25) is 0 Å². The monoisotopic (exact) mass is 549 g/mol.